The summed E-state index contributed by atoms with van der Waals surface area (Å²) in [5, 5.41) is 0. The predicted octanol–water partition coefficient (Wildman–Crippen LogP) is 3.20. The summed E-state index contributed by atoms with van der Waals surface area (Å²) in [4.78, 5) is 12.8. The van der Waals surface area contributed by atoms with Crippen LogP contribution in [0.2, 0.25) is 0 Å². The first kappa shape index (κ1) is 15.9. The van der Waals surface area contributed by atoms with Crippen LogP contribution in [0.15, 0.2) is 30.3 Å². The van der Waals surface area contributed by atoms with Crippen LogP contribution in [0.25, 0.3) is 5.57 Å². The first-order valence-corrected chi connectivity index (χ1v) is 8.71. The van der Waals surface area contributed by atoms with E-state index < -0.39 is 11.7 Å². The molecule has 0 N–H and O–H groups in total. The van der Waals surface area contributed by atoms with E-state index in [4.69, 9.17) is 14.2 Å². The van der Waals surface area contributed by atoms with Crippen molar-refractivity contribution in [2.75, 3.05) is 19.8 Å². The average molecular weight is 328 g/mol. The third-order valence-corrected chi connectivity index (χ3v) is 5.28. The Bertz CT molecular complexity index is 693. The Morgan fingerprint density at radius 3 is 2.67 bits per heavy atom. The standard InChI is InChI=1S/C20H24O4/c1-4-22-18(21)17-15-9-13-7-5-6-8-14(13)16(15)10-20(17)23-11-19(2,3)12-24-20/h5-8,10,15,17H,4,9,11-12H2,1-3H3/t15-,17-/m1/s1. The molecule has 128 valence electrons. The van der Waals surface area contributed by atoms with Crippen molar-refractivity contribution in [3.8, 4) is 0 Å². The van der Waals surface area contributed by atoms with Crippen molar-refractivity contribution in [2.24, 2.45) is 17.3 Å². The highest BCUT2D eigenvalue weighted by Crippen LogP contribution is 2.54. The second kappa shape index (κ2) is 5.43. The molecule has 4 rings (SSSR count). The molecule has 24 heavy (non-hydrogen) atoms. The summed E-state index contributed by atoms with van der Waals surface area (Å²) in [7, 11) is 0. The number of ether oxygens (including phenoxy) is 3. The van der Waals surface area contributed by atoms with E-state index in [2.05, 4.69) is 26.0 Å². The van der Waals surface area contributed by atoms with Crippen LogP contribution in [-0.4, -0.2) is 31.6 Å². The van der Waals surface area contributed by atoms with Crippen LogP contribution in [0.5, 0.6) is 0 Å². The highest BCUT2D eigenvalue weighted by molar-refractivity contribution is 5.86. The molecule has 4 nitrogen and oxygen atoms in total. The van der Waals surface area contributed by atoms with Crippen molar-refractivity contribution in [3.63, 3.8) is 0 Å². The molecule has 2 aliphatic carbocycles. The van der Waals surface area contributed by atoms with Gasteiger partial charge in [-0.25, -0.2) is 0 Å². The third kappa shape index (κ3) is 2.32. The van der Waals surface area contributed by atoms with Gasteiger partial charge in [-0.3, -0.25) is 4.79 Å². The monoisotopic (exact) mass is 328 g/mol. The van der Waals surface area contributed by atoms with Gasteiger partial charge in [-0.2, -0.15) is 0 Å². The Labute approximate surface area is 142 Å². The minimum absolute atomic E-state index is 0.0431. The molecule has 0 aromatic heterocycles. The number of carbonyl (C=O) groups excluding carboxylic acids is 1. The molecule has 2 atom stereocenters. The van der Waals surface area contributed by atoms with Gasteiger partial charge in [0.05, 0.1) is 19.8 Å². The summed E-state index contributed by atoms with van der Waals surface area (Å²) in [6.45, 7) is 7.56. The molecule has 3 aliphatic rings. The normalized spacial score (nSPS) is 29.0. The SMILES string of the molecule is CCOC(=O)[C@H]1[C@@H]2Cc3ccccc3C2=CC12OCC(C)(C)CO2. The minimum atomic E-state index is -0.977. The molecule has 1 spiro atoms. The van der Waals surface area contributed by atoms with E-state index in [0.717, 1.165) is 6.42 Å². The second-order valence-electron chi connectivity index (χ2n) is 7.76. The van der Waals surface area contributed by atoms with Crippen molar-refractivity contribution >= 4 is 11.5 Å². The molecule has 1 aliphatic heterocycles. The zero-order valence-electron chi connectivity index (χ0n) is 14.5. The fraction of sp³-hybridized carbons (Fsp3) is 0.550. The first-order valence-electron chi connectivity index (χ1n) is 8.71. The van der Waals surface area contributed by atoms with Gasteiger partial charge >= 0.3 is 5.97 Å². The van der Waals surface area contributed by atoms with Crippen LogP contribution in [0, 0.1) is 17.3 Å². The van der Waals surface area contributed by atoms with E-state index in [0.29, 0.717) is 19.8 Å². The predicted molar refractivity (Wildman–Crippen MR) is 90.2 cm³/mol. The van der Waals surface area contributed by atoms with E-state index in [1.807, 2.05) is 25.1 Å². The molecule has 1 saturated heterocycles. The third-order valence-electron chi connectivity index (χ3n) is 5.28. The summed E-state index contributed by atoms with van der Waals surface area (Å²) >= 11 is 0. The largest absolute Gasteiger partial charge is 0.466 e. The number of rotatable bonds is 2. The first-order chi connectivity index (χ1) is 11.5. The van der Waals surface area contributed by atoms with Crippen LogP contribution in [-0.2, 0) is 25.4 Å². The van der Waals surface area contributed by atoms with Crippen LogP contribution >= 0.6 is 0 Å². The van der Waals surface area contributed by atoms with Crippen molar-refractivity contribution in [2.45, 2.75) is 33.0 Å². The number of allylic oxidation sites excluding steroid dienone is 1. The lowest BCUT2D eigenvalue weighted by Crippen LogP contribution is -2.53. The van der Waals surface area contributed by atoms with Gasteiger partial charge in [-0.05, 0) is 36.1 Å². The Hall–Kier alpha value is -1.65. The smallest absolute Gasteiger partial charge is 0.315 e. The second-order valence-corrected chi connectivity index (χ2v) is 7.76. The quantitative estimate of drug-likeness (QED) is 0.782. The summed E-state index contributed by atoms with van der Waals surface area (Å²) in [5.74, 6) is -1.56. The maximum absolute atomic E-state index is 12.8. The van der Waals surface area contributed by atoms with E-state index >= 15 is 0 Å². The highest BCUT2D eigenvalue weighted by atomic mass is 16.7. The van der Waals surface area contributed by atoms with Crippen LogP contribution in [0.1, 0.15) is 31.9 Å². The van der Waals surface area contributed by atoms with E-state index in [1.54, 1.807) is 0 Å². The minimum Gasteiger partial charge on any atom is -0.466 e. The van der Waals surface area contributed by atoms with Gasteiger partial charge in [0.25, 0.3) is 0 Å². The zero-order chi connectivity index (χ0) is 16.9. The fourth-order valence-electron chi connectivity index (χ4n) is 4.12. The molecule has 1 aromatic rings. The zero-order valence-corrected chi connectivity index (χ0v) is 14.5. The molecule has 1 aromatic carbocycles. The van der Waals surface area contributed by atoms with E-state index in [9.17, 15) is 4.79 Å². The van der Waals surface area contributed by atoms with Gasteiger partial charge < -0.3 is 14.2 Å². The van der Waals surface area contributed by atoms with Crippen molar-refractivity contribution in [1.29, 1.82) is 0 Å². The van der Waals surface area contributed by atoms with Gasteiger partial charge in [-0.1, -0.05) is 38.1 Å². The van der Waals surface area contributed by atoms with Gasteiger partial charge in [0.15, 0.2) is 0 Å². The van der Waals surface area contributed by atoms with Gasteiger partial charge in [0, 0.05) is 11.3 Å². The molecular weight excluding hydrogens is 304 g/mol. The Kier molecular flexibility index (Phi) is 3.59. The lowest BCUT2D eigenvalue weighted by Gasteiger charge is -2.43. The topological polar surface area (TPSA) is 44.8 Å². The molecule has 0 radical (unpaired) electrons. The maximum Gasteiger partial charge on any atom is 0.315 e. The Morgan fingerprint density at radius 1 is 1.25 bits per heavy atom. The number of benzene rings is 1. The lowest BCUT2D eigenvalue weighted by atomic mass is 9.86. The molecule has 0 saturated carbocycles. The van der Waals surface area contributed by atoms with Crippen LogP contribution in [0.4, 0.5) is 0 Å². The lowest BCUT2D eigenvalue weighted by molar-refractivity contribution is -0.293. The summed E-state index contributed by atoms with van der Waals surface area (Å²) in [6, 6.07) is 8.34. The number of esters is 1. The molecule has 1 fully saturated rings. The summed E-state index contributed by atoms with van der Waals surface area (Å²) in [5.41, 5.74) is 3.63. The number of carbonyl (C=O) groups is 1. The number of fused-ring (bicyclic) bond motifs is 3. The fourth-order valence-corrected chi connectivity index (χ4v) is 4.12. The molecule has 0 amide bonds. The molecule has 4 heteroatoms. The summed E-state index contributed by atoms with van der Waals surface area (Å²) in [6.07, 6.45) is 2.88. The maximum atomic E-state index is 12.8. The van der Waals surface area contributed by atoms with E-state index in [-0.39, 0.29) is 17.3 Å². The number of hydrogen-bond acceptors (Lipinski definition) is 4. The Balaban J connectivity index is 1.74. The van der Waals surface area contributed by atoms with E-state index in [1.165, 1.54) is 16.7 Å². The van der Waals surface area contributed by atoms with Gasteiger partial charge in [0.1, 0.15) is 5.92 Å². The van der Waals surface area contributed by atoms with Gasteiger partial charge in [-0.15, -0.1) is 0 Å². The van der Waals surface area contributed by atoms with Crippen LogP contribution in [0.3, 0.4) is 0 Å². The average Bonchev–Trinajstić information content (AvgIpc) is 3.04. The van der Waals surface area contributed by atoms with Crippen LogP contribution < -0.4 is 0 Å². The van der Waals surface area contributed by atoms with Crippen molar-refractivity contribution in [3.05, 3.63) is 41.5 Å². The van der Waals surface area contributed by atoms with Crippen molar-refractivity contribution in [1.82, 2.24) is 0 Å². The molecular formula is C20H24O4. The van der Waals surface area contributed by atoms with Gasteiger partial charge in [0.2, 0.25) is 5.79 Å². The molecule has 0 bridgehead atoms. The molecule has 1 heterocycles. The number of hydrogen-bond donors (Lipinski definition) is 0. The highest BCUT2D eigenvalue weighted by Gasteiger charge is 2.59. The van der Waals surface area contributed by atoms with Crippen molar-refractivity contribution < 1.29 is 19.0 Å². The molecule has 0 unspecified atom stereocenters. The summed E-state index contributed by atoms with van der Waals surface area (Å²) < 4.78 is 17.7. The Morgan fingerprint density at radius 2 is 1.96 bits per heavy atom.